The normalized spacial score (nSPS) is 16.3. The number of hydrogen-bond acceptors (Lipinski definition) is 8. The van der Waals surface area contributed by atoms with Crippen LogP contribution in [0.1, 0.15) is 0 Å². The average molecular weight is 314 g/mol. The molecule has 2 aromatic heterocycles. The molecule has 0 bridgehead atoms. The van der Waals surface area contributed by atoms with Gasteiger partial charge < -0.3 is 4.90 Å². The molecule has 3 aromatic rings. The third-order valence-corrected chi connectivity index (χ3v) is 4.74. The van der Waals surface area contributed by atoms with Crippen LogP contribution in [0.5, 0.6) is 0 Å². The quantitative estimate of drug-likeness (QED) is 0.678. The van der Waals surface area contributed by atoms with E-state index in [1.165, 1.54) is 0 Å². The summed E-state index contributed by atoms with van der Waals surface area (Å²) in [5, 5.41) is 7.87. The zero-order valence-electron chi connectivity index (χ0n) is 11.8. The van der Waals surface area contributed by atoms with E-state index in [9.17, 15) is 0 Å². The molecule has 0 radical (unpaired) electrons. The highest BCUT2D eigenvalue weighted by atomic mass is 32.2. The first-order chi connectivity index (χ1) is 10.9. The van der Waals surface area contributed by atoms with E-state index in [1.807, 2.05) is 24.4 Å². The Labute approximate surface area is 131 Å². The monoisotopic (exact) mass is 314 g/mol. The molecule has 7 nitrogen and oxygen atoms in total. The lowest BCUT2D eigenvalue weighted by Crippen LogP contribution is -2.43. The van der Waals surface area contributed by atoms with Gasteiger partial charge in [0.25, 0.3) is 0 Å². The minimum absolute atomic E-state index is 0.795. The zero-order valence-corrected chi connectivity index (χ0v) is 12.6. The molecule has 1 saturated heterocycles. The van der Waals surface area contributed by atoms with Crippen molar-refractivity contribution in [2.24, 2.45) is 0 Å². The van der Waals surface area contributed by atoms with Crippen molar-refractivity contribution in [3.8, 4) is 0 Å². The summed E-state index contributed by atoms with van der Waals surface area (Å²) in [5.41, 5.74) is 1.62. The Hall–Kier alpha value is -2.19. The molecule has 8 heteroatoms. The van der Waals surface area contributed by atoms with Crippen LogP contribution in [-0.2, 0) is 0 Å². The molecule has 1 fully saturated rings. The van der Waals surface area contributed by atoms with Gasteiger partial charge in [-0.15, -0.1) is 0 Å². The van der Waals surface area contributed by atoms with Gasteiger partial charge in [-0.1, -0.05) is 6.07 Å². The maximum absolute atomic E-state index is 4.81. The Bertz CT molecular complexity index is 756. The second-order valence-corrected chi connectivity index (χ2v) is 6.10. The highest BCUT2D eigenvalue weighted by molar-refractivity contribution is 7.97. The maximum atomic E-state index is 4.81. The van der Waals surface area contributed by atoms with Crippen LogP contribution < -0.4 is 4.90 Å². The molecule has 0 amide bonds. The zero-order chi connectivity index (χ0) is 14.8. The summed E-state index contributed by atoms with van der Waals surface area (Å²) in [6, 6.07) is 5.93. The van der Waals surface area contributed by atoms with E-state index in [2.05, 4.69) is 29.5 Å². The number of aromatic nitrogens is 4. The molecule has 0 aliphatic carbocycles. The van der Waals surface area contributed by atoms with Gasteiger partial charge in [0.05, 0.1) is 11.1 Å². The Morgan fingerprint density at radius 2 is 1.95 bits per heavy atom. The van der Waals surface area contributed by atoms with Crippen LogP contribution in [0, 0.1) is 0 Å². The van der Waals surface area contributed by atoms with Crippen LogP contribution in [0.2, 0.25) is 0 Å². The van der Waals surface area contributed by atoms with Crippen molar-refractivity contribution >= 4 is 28.8 Å². The van der Waals surface area contributed by atoms with Crippen molar-refractivity contribution in [3.63, 3.8) is 0 Å². The lowest BCUT2D eigenvalue weighted by molar-refractivity contribution is 0.315. The first kappa shape index (κ1) is 13.5. The van der Waals surface area contributed by atoms with Gasteiger partial charge in [0.2, 0.25) is 0 Å². The van der Waals surface area contributed by atoms with Gasteiger partial charge in [-0.2, -0.15) is 0 Å². The lowest BCUT2D eigenvalue weighted by Gasteiger charge is -2.34. The van der Waals surface area contributed by atoms with Crippen LogP contribution in [0.3, 0.4) is 0 Å². The third-order valence-electron chi connectivity index (χ3n) is 3.59. The summed E-state index contributed by atoms with van der Waals surface area (Å²) in [4.78, 5) is 11.8. The minimum Gasteiger partial charge on any atom is -0.353 e. The Morgan fingerprint density at radius 3 is 2.77 bits per heavy atom. The molecule has 0 spiro atoms. The average Bonchev–Trinajstić information content (AvgIpc) is 3.06. The van der Waals surface area contributed by atoms with Crippen molar-refractivity contribution in [3.05, 3.63) is 36.8 Å². The molecule has 22 heavy (non-hydrogen) atoms. The van der Waals surface area contributed by atoms with Crippen molar-refractivity contribution in [2.75, 3.05) is 31.1 Å². The van der Waals surface area contributed by atoms with E-state index in [4.69, 9.17) is 4.63 Å². The molecule has 0 unspecified atom stereocenters. The van der Waals surface area contributed by atoms with Crippen molar-refractivity contribution in [1.29, 1.82) is 0 Å². The summed E-state index contributed by atoms with van der Waals surface area (Å²) < 4.78 is 7.14. The van der Waals surface area contributed by atoms with Crippen molar-refractivity contribution < 1.29 is 4.63 Å². The number of benzene rings is 1. The largest absolute Gasteiger partial charge is 0.353 e. The summed E-state index contributed by atoms with van der Waals surface area (Å²) in [5.74, 6) is 0.940. The molecule has 0 atom stereocenters. The predicted molar refractivity (Wildman–Crippen MR) is 83.5 cm³/mol. The number of fused-ring (bicyclic) bond motifs is 1. The highest BCUT2D eigenvalue weighted by Gasteiger charge is 2.20. The van der Waals surface area contributed by atoms with Gasteiger partial charge in [-0.05, 0) is 34.4 Å². The van der Waals surface area contributed by atoms with E-state index in [0.29, 0.717) is 0 Å². The van der Waals surface area contributed by atoms with Gasteiger partial charge >= 0.3 is 0 Å². The molecular weight excluding hydrogens is 300 g/mol. The van der Waals surface area contributed by atoms with Crippen LogP contribution in [0.15, 0.2) is 46.3 Å². The molecule has 1 aliphatic rings. The van der Waals surface area contributed by atoms with Crippen LogP contribution in [0.25, 0.3) is 11.0 Å². The Morgan fingerprint density at radius 1 is 1.05 bits per heavy atom. The lowest BCUT2D eigenvalue weighted by atomic mass is 10.3. The highest BCUT2D eigenvalue weighted by Crippen LogP contribution is 2.29. The fraction of sp³-hybridized carbons (Fsp3) is 0.286. The first-order valence-corrected chi connectivity index (χ1v) is 7.83. The van der Waals surface area contributed by atoms with Gasteiger partial charge in [0.15, 0.2) is 0 Å². The summed E-state index contributed by atoms with van der Waals surface area (Å²) in [7, 11) is 0. The predicted octanol–water partition coefficient (Wildman–Crippen LogP) is 1.84. The van der Waals surface area contributed by atoms with Gasteiger partial charge in [-0.3, -0.25) is 4.98 Å². The Balaban J connectivity index is 1.43. The number of rotatable bonds is 3. The van der Waals surface area contributed by atoms with Gasteiger partial charge in [-0.25, -0.2) is 13.9 Å². The molecule has 4 rings (SSSR count). The minimum atomic E-state index is 0.795. The van der Waals surface area contributed by atoms with Gasteiger partial charge in [0.1, 0.15) is 16.9 Å². The topological polar surface area (TPSA) is 71.2 Å². The second kappa shape index (κ2) is 5.90. The number of piperazine rings is 1. The maximum Gasteiger partial charge on any atom is 0.150 e. The summed E-state index contributed by atoms with van der Waals surface area (Å²) in [6.45, 7) is 3.75. The molecule has 0 N–H and O–H groups in total. The number of nitrogens with zero attached hydrogens (tertiary/aromatic N) is 6. The molecular formula is C14H14N6OS. The van der Waals surface area contributed by atoms with Crippen LogP contribution in [0.4, 0.5) is 5.82 Å². The first-order valence-electron chi connectivity index (χ1n) is 7.05. The SMILES string of the molecule is c1cc(SN2CCN(c3cnccn3)CC2)c2nonc2c1. The van der Waals surface area contributed by atoms with E-state index >= 15 is 0 Å². The molecule has 1 aromatic carbocycles. The summed E-state index contributed by atoms with van der Waals surface area (Å²) >= 11 is 1.70. The fourth-order valence-electron chi connectivity index (χ4n) is 2.46. The number of hydrogen-bond donors (Lipinski definition) is 0. The molecule has 3 heterocycles. The third kappa shape index (κ3) is 2.62. The van der Waals surface area contributed by atoms with Crippen molar-refractivity contribution in [2.45, 2.75) is 4.90 Å². The van der Waals surface area contributed by atoms with E-state index in [0.717, 1.165) is 47.9 Å². The van der Waals surface area contributed by atoms with E-state index < -0.39 is 0 Å². The molecule has 0 saturated carbocycles. The standard InChI is InChI=1S/C14H14N6OS/c1-2-11-14(18-21-17-11)12(3-1)22-20-8-6-19(7-9-20)13-10-15-4-5-16-13/h1-5,10H,6-9H2. The summed E-state index contributed by atoms with van der Waals surface area (Å²) in [6.07, 6.45) is 5.24. The van der Waals surface area contributed by atoms with Crippen LogP contribution >= 0.6 is 11.9 Å². The fourth-order valence-corrected chi connectivity index (χ4v) is 3.45. The number of anilines is 1. The smallest absolute Gasteiger partial charge is 0.150 e. The molecule has 1 aliphatic heterocycles. The van der Waals surface area contributed by atoms with Gasteiger partial charge in [0, 0.05) is 38.6 Å². The molecule has 112 valence electrons. The van der Waals surface area contributed by atoms with E-state index in [1.54, 1.807) is 24.3 Å². The van der Waals surface area contributed by atoms with E-state index in [-0.39, 0.29) is 0 Å². The van der Waals surface area contributed by atoms with Crippen LogP contribution in [-0.4, -0.2) is 50.8 Å². The van der Waals surface area contributed by atoms with Crippen molar-refractivity contribution in [1.82, 2.24) is 24.6 Å². The Kier molecular flexibility index (Phi) is 3.61. The second-order valence-electron chi connectivity index (χ2n) is 4.96.